The molecule has 0 saturated heterocycles. The smallest absolute Gasteiger partial charge is 0.144 e. The van der Waals surface area contributed by atoms with E-state index in [1.54, 1.807) is 0 Å². The number of fused-ring (bicyclic) bond motifs is 8. The summed E-state index contributed by atoms with van der Waals surface area (Å²) in [5.74, 6) is 0. The standard InChI is InChI=1S/C41H28O/c1-41(2)34-20-9-7-15-28(34)33-24-26(22-23-35(33)41)37-30-16-5-6-17-31(30)38(29-19-11-13-25-12-3-4-14-27(25)29)39-32-18-8-10-21-36(32)42-40(37)39/h3-24H,1-2H3. The molecule has 1 nitrogen and oxygen atoms in total. The molecule has 0 saturated carbocycles. The lowest BCUT2D eigenvalue weighted by atomic mass is 9.81. The summed E-state index contributed by atoms with van der Waals surface area (Å²) in [5.41, 5.74) is 12.1. The topological polar surface area (TPSA) is 13.1 Å². The van der Waals surface area contributed by atoms with Gasteiger partial charge in [0.15, 0.2) is 0 Å². The number of hydrogen-bond acceptors (Lipinski definition) is 1. The zero-order chi connectivity index (χ0) is 28.0. The fraction of sp³-hybridized carbons (Fsp3) is 0.0732. The van der Waals surface area contributed by atoms with E-state index < -0.39 is 0 Å². The molecule has 7 aromatic carbocycles. The summed E-state index contributed by atoms with van der Waals surface area (Å²) in [4.78, 5) is 0. The van der Waals surface area contributed by atoms with Gasteiger partial charge < -0.3 is 4.42 Å². The first-order chi connectivity index (χ1) is 20.6. The SMILES string of the molecule is CC1(C)c2ccccc2-c2cc(-c3c4ccccc4c(-c4cccc5ccccc45)c4c3oc3ccccc34)ccc21. The summed E-state index contributed by atoms with van der Waals surface area (Å²) in [6, 6.07) is 48.6. The molecule has 1 aliphatic carbocycles. The number of rotatable bonds is 2. The molecule has 0 fully saturated rings. The highest BCUT2D eigenvalue weighted by Gasteiger charge is 2.35. The van der Waals surface area contributed by atoms with Crippen molar-refractivity contribution < 1.29 is 4.42 Å². The van der Waals surface area contributed by atoms with Gasteiger partial charge in [-0.15, -0.1) is 0 Å². The first kappa shape index (κ1) is 23.6. The van der Waals surface area contributed by atoms with Gasteiger partial charge >= 0.3 is 0 Å². The molecule has 0 bridgehead atoms. The van der Waals surface area contributed by atoms with Gasteiger partial charge in [0, 0.05) is 27.3 Å². The first-order valence-electron chi connectivity index (χ1n) is 14.7. The van der Waals surface area contributed by atoms with Crippen LogP contribution in [0.1, 0.15) is 25.0 Å². The summed E-state index contributed by atoms with van der Waals surface area (Å²) >= 11 is 0. The fourth-order valence-electron chi connectivity index (χ4n) is 7.53. The van der Waals surface area contributed by atoms with Crippen molar-refractivity contribution in [3.8, 4) is 33.4 Å². The maximum atomic E-state index is 6.85. The van der Waals surface area contributed by atoms with Crippen molar-refractivity contribution in [2.45, 2.75) is 19.3 Å². The van der Waals surface area contributed by atoms with Crippen molar-refractivity contribution in [1.82, 2.24) is 0 Å². The van der Waals surface area contributed by atoms with Gasteiger partial charge in [0.05, 0.1) is 0 Å². The Labute approximate surface area is 244 Å². The second kappa shape index (κ2) is 8.44. The van der Waals surface area contributed by atoms with Crippen molar-refractivity contribution in [3.63, 3.8) is 0 Å². The highest BCUT2D eigenvalue weighted by atomic mass is 16.3. The van der Waals surface area contributed by atoms with Gasteiger partial charge in [-0.3, -0.25) is 0 Å². The molecule has 1 heterocycles. The van der Waals surface area contributed by atoms with Crippen LogP contribution in [-0.2, 0) is 5.41 Å². The molecule has 0 spiro atoms. The monoisotopic (exact) mass is 536 g/mol. The molecular formula is C41H28O. The lowest BCUT2D eigenvalue weighted by molar-refractivity contribution is 0.660. The van der Waals surface area contributed by atoms with Gasteiger partial charge in [-0.25, -0.2) is 0 Å². The van der Waals surface area contributed by atoms with Crippen LogP contribution in [0.2, 0.25) is 0 Å². The van der Waals surface area contributed by atoms with Crippen molar-refractivity contribution in [2.75, 3.05) is 0 Å². The minimum absolute atomic E-state index is 0.0283. The normalized spacial score (nSPS) is 13.7. The van der Waals surface area contributed by atoms with E-state index in [9.17, 15) is 0 Å². The molecular weight excluding hydrogens is 508 g/mol. The Balaban J connectivity index is 1.45. The Morgan fingerprint density at radius 1 is 0.476 bits per heavy atom. The van der Waals surface area contributed by atoms with E-state index in [2.05, 4.69) is 147 Å². The minimum Gasteiger partial charge on any atom is -0.455 e. The predicted octanol–water partition coefficient (Wildman–Crippen LogP) is 11.5. The van der Waals surface area contributed by atoms with E-state index in [-0.39, 0.29) is 5.41 Å². The Morgan fingerprint density at radius 3 is 1.95 bits per heavy atom. The van der Waals surface area contributed by atoms with E-state index in [1.165, 1.54) is 65.9 Å². The molecule has 0 unspecified atom stereocenters. The highest BCUT2D eigenvalue weighted by molar-refractivity contribution is 6.28. The number of benzene rings is 7. The number of furan rings is 1. The summed E-state index contributed by atoms with van der Waals surface area (Å²) in [6.07, 6.45) is 0. The molecule has 0 radical (unpaired) electrons. The van der Waals surface area contributed by atoms with Crippen LogP contribution in [0.15, 0.2) is 138 Å². The van der Waals surface area contributed by atoms with Gasteiger partial charge in [0.25, 0.3) is 0 Å². The molecule has 198 valence electrons. The Kier molecular flexibility index (Phi) is 4.73. The van der Waals surface area contributed by atoms with Crippen molar-refractivity contribution >= 4 is 43.5 Å². The second-order valence-electron chi connectivity index (χ2n) is 12.1. The molecule has 0 amide bonds. The molecule has 0 atom stereocenters. The summed E-state index contributed by atoms with van der Waals surface area (Å²) in [5, 5.41) is 7.26. The molecule has 1 heteroatoms. The number of hydrogen-bond donors (Lipinski definition) is 0. The van der Waals surface area contributed by atoms with Crippen LogP contribution in [0.4, 0.5) is 0 Å². The van der Waals surface area contributed by atoms with E-state index in [4.69, 9.17) is 4.42 Å². The van der Waals surface area contributed by atoms with Crippen LogP contribution in [0.5, 0.6) is 0 Å². The average molecular weight is 537 g/mol. The maximum absolute atomic E-state index is 6.85. The quantitative estimate of drug-likeness (QED) is 0.214. The third kappa shape index (κ3) is 3.08. The minimum atomic E-state index is -0.0283. The molecule has 8 aromatic rings. The summed E-state index contributed by atoms with van der Waals surface area (Å²) < 4.78 is 6.85. The van der Waals surface area contributed by atoms with E-state index >= 15 is 0 Å². The van der Waals surface area contributed by atoms with Gasteiger partial charge in [-0.1, -0.05) is 135 Å². The van der Waals surface area contributed by atoms with Gasteiger partial charge in [0.1, 0.15) is 11.2 Å². The van der Waals surface area contributed by atoms with E-state index in [0.29, 0.717) is 0 Å². The van der Waals surface area contributed by atoms with Crippen LogP contribution in [0.3, 0.4) is 0 Å². The Morgan fingerprint density at radius 2 is 1.10 bits per heavy atom. The van der Waals surface area contributed by atoms with Crippen LogP contribution in [0.25, 0.3) is 76.9 Å². The van der Waals surface area contributed by atoms with Crippen LogP contribution >= 0.6 is 0 Å². The summed E-state index contributed by atoms with van der Waals surface area (Å²) in [6.45, 7) is 4.67. The largest absolute Gasteiger partial charge is 0.455 e. The van der Waals surface area contributed by atoms with Crippen LogP contribution in [-0.4, -0.2) is 0 Å². The zero-order valence-electron chi connectivity index (χ0n) is 23.6. The number of para-hydroxylation sites is 1. The van der Waals surface area contributed by atoms with Crippen molar-refractivity contribution in [3.05, 3.63) is 145 Å². The molecule has 1 aliphatic rings. The third-order valence-electron chi connectivity index (χ3n) is 9.47. The Bertz CT molecular complexity index is 2380. The fourth-order valence-corrected chi connectivity index (χ4v) is 7.53. The van der Waals surface area contributed by atoms with Crippen molar-refractivity contribution in [2.24, 2.45) is 0 Å². The molecule has 0 aliphatic heterocycles. The lowest BCUT2D eigenvalue weighted by Crippen LogP contribution is -2.14. The molecule has 42 heavy (non-hydrogen) atoms. The molecule has 0 N–H and O–H groups in total. The first-order valence-corrected chi connectivity index (χ1v) is 14.7. The zero-order valence-corrected chi connectivity index (χ0v) is 23.6. The second-order valence-corrected chi connectivity index (χ2v) is 12.1. The third-order valence-corrected chi connectivity index (χ3v) is 9.47. The lowest BCUT2D eigenvalue weighted by Gasteiger charge is -2.21. The summed E-state index contributed by atoms with van der Waals surface area (Å²) in [7, 11) is 0. The maximum Gasteiger partial charge on any atom is 0.144 e. The van der Waals surface area contributed by atoms with Gasteiger partial charge in [-0.2, -0.15) is 0 Å². The average Bonchev–Trinajstić information content (AvgIpc) is 3.52. The van der Waals surface area contributed by atoms with Crippen molar-refractivity contribution in [1.29, 1.82) is 0 Å². The van der Waals surface area contributed by atoms with E-state index in [1.807, 2.05) is 0 Å². The molecule has 1 aromatic heterocycles. The van der Waals surface area contributed by atoms with Crippen LogP contribution in [0, 0.1) is 0 Å². The predicted molar refractivity (Wildman–Crippen MR) is 177 cm³/mol. The van der Waals surface area contributed by atoms with Gasteiger partial charge in [-0.05, 0) is 67.1 Å². The molecule has 9 rings (SSSR count). The highest BCUT2D eigenvalue weighted by Crippen LogP contribution is 2.52. The Hall–Kier alpha value is -5.14. The van der Waals surface area contributed by atoms with E-state index in [0.717, 1.165) is 22.1 Å². The van der Waals surface area contributed by atoms with Gasteiger partial charge in [0.2, 0.25) is 0 Å². The van der Waals surface area contributed by atoms with Crippen LogP contribution < -0.4 is 0 Å².